The number of aliphatic hydroxyl groups is 2. The van der Waals surface area contributed by atoms with Gasteiger partial charge in [0.25, 0.3) is 0 Å². The van der Waals surface area contributed by atoms with Gasteiger partial charge in [0.15, 0.2) is 11.6 Å². The third-order valence-corrected chi connectivity index (χ3v) is 8.58. The molecule has 2 N–H and O–H groups in total. The van der Waals surface area contributed by atoms with E-state index in [-0.39, 0.29) is 22.4 Å². The molecule has 0 bridgehead atoms. The molecule has 0 heterocycles. The van der Waals surface area contributed by atoms with Gasteiger partial charge >= 0.3 is 0 Å². The Labute approximate surface area is 266 Å². The first-order valence-electron chi connectivity index (χ1n) is 15.7. The molecule has 0 aliphatic heterocycles. The lowest BCUT2D eigenvalue weighted by Gasteiger charge is -2.34. The minimum absolute atomic E-state index is 0.168. The second-order valence-electron chi connectivity index (χ2n) is 13.7. The Morgan fingerprint density at radius 3 is 1.32 bits per heavy atom. The number of hydrogen-bond donors (Lipinski definition) is 2. The van der Waals surface area contributed by atoms with Gasteiger partial charge in [-0.1, -0.05) is 123 Å². The molecule has 4 heteroatoms. The normalized spacial score (nSPS) is 24.4. The fraction of sp³-hybridized carbons (Fsp3) is 0.450. The van der Waals surface area contributed by atoms with Crippen LogP contribution < -0.4 is 0 Å². The highest BCUT2D eigenvalue weighted by molar-refractivity contribution is 6.01. The molecule has 4 nitrogen and oxygen atoms in total. The van der Waals surface area contributed by atoms with Crippen molar-refractivity contribution in [3.05, 3.63) is 117 Å². The van der Waals surface area contributed by atoms with Crippen molar-refractivity contribution >= 4 is 11.6 Å². The van der Waals surface area contributed by atoms with Crippen molar-refractivity contribution in [2.45, 2.75) is 107 Å². The molecule has 0 aromatic heterocycles. The molecular formula is C40H54O4. The molecule has 2 unspecified atom stereocenters. The lowest BCUT2D eigenvalue weighted by atomic mass is 9.71. The van der Waals surface area contributed by atoms with E-state index in [0.29, 0.717) is 24.0 Å². The lowest BCUT2D eigenvalue weighted by Crippen LogP contribution is -2.35. The number of unbranched alkanes of at least 4 members (excludes halogenated alkanes) is 1. The molecule has 238 valence electrons. The number of ketones is 2. The number of rotatable bonds is 11. The third-order valence-electron chi connectivity index (χ3n) is 8.58. The Bertz CT molecular complexity index is 1300. The standard InChI is InChI=1S/C40H54O4/c1-27(17-13-19-29(3)21-23-33-31(5)37(43)35(41)25-39(33,7)8)15-11-12-16-28(2)18-14-20-30(4)22-24-34-32(6)38(44)36(42)26-40(34,9)10/h13-24,35-36,41-42H,11-12,25-26H2,1-10H3/b17-13+,18-14+,23-21+,24-22+,27-15+,28-16+,29-19+,30-20+. The largest absolute Gasteiger partial charge is 0.385 e. The molecule has 0 saturated heterocycles. The summed E-state index contributed by atoms with van der Waals surface area (Å²) < 4.78 is 0. The molecule has 0 saturated carbocycles. The average molecular weight is 599 g/mol. The fourth-order valence-electron chi connectivity index (χ4n) is 5.86. The minimum atomic E-state index is -0.901. The van der Waals surface area contributed by atoms with Crippen molar-refractivity contribution in [2.75, 3.05) is 0 Å². The summed E-state index contributed by atoms with van der Waals surface area (Å²) in [6.07, 6.45) is 26.0. The molecule has 0 aromatic carbocycles. The quantitative estimate of drug-likeness (QED) is 0.184. The summed E-state index contributed by atoms with van der Waals surface area (Å²) in [4.78, 5) is 24.5. The summed E-state index contributed by atoms with van der Waals surface area (Å²) >= 11 is 0. The zero-order valence-corrected chi connectivity index (χ0v) is 28.6. The van der Waals surface area contributed by atoms with Crippen LogP contribution in [-0.2, 0) is 9.59 Å². The second-order valence-corrected chi connectivity index (χ2v) is 13.7. The van der Waals surface area contributed by atoms with Gasteiger partial charge in [-0.05, 0) is 100 Å². The van der Waals surface area contributed by atoms with Crippen LogP contribution in [0.1, 0.15) is 94.9 Å². The zero-order chi connectivity index (χ0) is 33.2. The van der Waals surface area contributed by atoms with Crippen molar-refractivity contribution in [1.29, 1.82) is 0 Å². The molecule has 0 radical (unpaired) electrons. The van der Waals surface area contributed by atoms with E-state index < -0.39 is 12.2 Å². The van der Waals surface area contributed by atoms with Crippen LogP contribution in [0.3, 0.4) is 0 Å². The molecule has 2 aliphatic carbocycles. The third kappa shape index (κ3) is 10.7. The SMILES string of the molecule is CC1=C(/C=C/C(C)=C/C=C/C(C)=C/CC/C=C(C)/C=C/C=C(C)/C=C/C2=C(C)C(=O)C(O)CC2(C)C)C(C)(C)CC(O)C1=O. The van der Waals surface area contributed by atoms with Crippen molar-refractivity contribution in [3.8, 4) is 0 Å². The van der Waals surface area contributed by atoms with Gasteiger partial charge in [-0.25, -0.2) is 0 Å². The van der Waals surface area contributed by atoms with E-state index in [0.717, 1.165) is 35.1 Å². The number of aliphatic hydroxyl groups excluding tert-OH is 2. The van der Waals surface area contributed by atoms with E-state index in [1.54, 1.807) is 13.8 Å². The number of allylic oxidation sites excluding steroid dienone is 18. The molecule has 0 fully saturated rings. The van der Waals surface area contributed by atoms with Crippen molar-refractivity contribution < 1.29 is 19.8 Å². The Balaban J connectivity index is 1.89. The van der Waals surface area contributed by atoms with Gasteiger partial charge in [0.1, 0.15) is 12.2 Å². The summed E-state index contributed by atoms with van der Waals surface area (Å²) in [6.45, 7) is 20.2. The van der Waals surface area contributed by atoms with Crippen LogP contribution >= 0.6 is 0 Å². The highest BCUT2D eigenvalue weighted by Crippen LogP contribution is 2.40. The first-order chi connectivity index (χ1) is 20.5. The monoisotopic (exact) mass is 598 g/mol. The second kappa shape index (κ2) is 16.1. The van der Waals surface area contributed by atoms with Crippen LogP contribution in [0, 0.1) is 10.8 Å². The number of Topliss-reactive ketones (excluding diaryl/α,β-unsaturated/α-hetero) is 2. The molecule has 2 atom stereocenters. The highest BCUT2D eigenvalue weighted by Gasteiger charge is 2.37. The van der Waals surface area contributed by atoms with E-state index in [9.17, 15) is 19.8 Å². The van der Waals surface area contributed by atoms with Gasteiger partial charge in [-0.15, -0.1) is 0 Å². The predicted octanol–water partition coefficient (Wildman–Crippen LogP) is 9.13. The molecule has 2 aliphatic rings. The van der Waals surface area contributed by atoms with Crippen LogP contribution in [0.15, 0.2) is 117 Å². The molecular weight excluding hydrogens is 544 g/mol. The van der Waals surface area contributed by atoms with Crippen LogP contribution in [-0.4, -0.2) is 34.0 Å². The first kappa shape index (κ1) is 36.8. The van der Waals surface area contributed by atoms with Gasteiger partial charge < -0.3 is 10.2 Å². The molecule has 2 rings (SSSR count). The van der Waals surface area contributed by atoms with Gasteiger partial charge in [-0.3, -0.25) is 9.59 Å². The fourth-order valence-corrected chi connectivity index (χ4v) is 5.86. The van der Waals surface area contributed by atoms with Crippen LogP contribution in [0.4, 0.5) is 0 Å². The smallest absolute Gasteiger partial charge is 0.187 e. The lowest BCUT2D eigenvalue weighted by molar-refractivity contribution is -0.126. The van der Waals surface area contributed by atoms with Gasteiger partial charge in [0.05, 0.1) is 0 Å². The summed E-state index contributed by atoms with van der Waals surface area (Å²) in [5, 5.41) is 20.1. The van der Waals surface area contributed by atoms with Gasteiger partial charge in [0.2, 0.25) is 0 Å². The number of hydrogen-bond acceptors (Lipinski definition) is 4. The Kier molecular flexibility index (Phi) is 13.5. The van der Waals surface area contributed by atoms with Crippen molar-refractivity contribution in [3.63, 3.8) is 0 Å². The summed E-state index contributed by atoms with van der Waals surface area (Å²) in [7, 11) is 0. The zero-order valence-electron chi connectivity index (χ0n) is 28.6. The first-order valence-corrected chi connectivity index (χ1v) is 15.7. The number of carbonyl (C=O) groups excluding carboxylic acids is 2. The molecule has 0 amide bonds. The molecule has 0 aromatic rings. The van der Waals surface area contributed by atoms with E-state index in [2.05, 4.69) is 90.2 Å². The van der Waals surface area contributed by atoms with Crippen LogP contribution in [0.5, 0.6) is 0 Å². The molecule has 0 spiro atoms. The Morgan fingerprint density at radius 1 is 0.636 bits per heavy atom. The van der Waals surface area contributed by atoms with Gasteiger partial charge in [-0.2, -0.15) is 0 Å². The van der Waals surface area contributed by atoms with Crippen LogP contribution in [0.25, 0.3) is 0 Å². The maximum absolute atomic E-state index is 12.2. The van der Waals surface area contributed by atoms with Gasteiger partial charge in [0, 0.05) is 0 Å². The average Bonchev–Trinajstić information content (AvgIpc) is 2.92. The predicted molar refractivity (Wildman–Crippen MR) is 185 cm³/mol. The maximum Gasteiger partial charge on any atom is 0.187 e. The Morgan fingerprint density at radius 2 is 0.977 bits per heavy atom. The van der Waals surface area contributed by atoms with Crippen molar-refractivity contribution in [1.82, 2.24) is 0 Å². The van der Waals surface area contributed by atoms with E-state index in [4.69, 9.17) is 0 Å². The summed E-state index contributed by atoms with van der Waals surface area (Å²) in [6, 6.07) is 0. The van der Waals surface area contributed by atoms with Crippen molar-refractivity contribution in [2.24, 2.45) is 10.8 Å². The van der Waals surface area contributed by atoms with E-state index in [1.165, 1.54) is 11.1 Å². The van der Waals surface area contributed by atoms with E-state index >= 15 is 0 Å². The maximum atomic E-state index is 12.2. The minimum Gasteiger partial charge on any atom is -0.385 e. The topological polar surface area (TPSA) is 74.6 Å². The number of carbonyl (C=O) groups is 2. The highest BCUT2D eigenvalue weighted by atomic mass is 16.3. The summed E-state index contributed by atoms with van der Waals surface area (Å²) in [5.41, 5.74) is 7.42. The van der Waals surface area contributed by atoms with E-state index in [1.807, 2.05) is 38.2 Å². The van der Waals surface area contributed by atoms with Crippen LogP contribution in [0.2, 0.25) is 0 Å². The Hall–Kier alpha value is -3.34. The molecule has 44 heavy (non-hydrogen) atoms. The summed E-state index contributed by atoms with van der Waals surface area (Å²) in [5.74, 6) is -0.337.